The largest absolute Gasteiger partial charge is 0.545 e. The summed E-state index contributed by atoms with van der Waals surface area (Å²) in [5.74, 6) is -0.693. The van der Waals surface area contributed by atoms with E-state index in [9.17, 15) is 14.7 Å². The van der Waals surface area contributed by atoms with Crippen LogP contribution in [0.15, 0.2) is 72.8 Å². The number of carbonyl (C=O) groups is 2. The fourth-order valence-electron chi connectivity index (χ4n) is 3.30. The van der Waals surface area contributed by atoms with Crippen molar-refractivity contribution in [1.82, 2.24) is 0 Å². The third kappa shape index (κ3) is 3.05. The Labute approximate surface area is 162 Å². The lowest BCUT2D eigenvalue weighted by atomic mass is 10.0. The first kappa shape index (κ1) is 17.6. The average molecular weight is 373 g/mol. The molecule has 1 aliphatic rings. The number of ether oxygens (including phenoxy) is 1. The van der Waals surface area contributed by atoms with Gasteiger partial charge in [0.1, 0.15) is 11.9 Å². The Morgan fingerprint density at radius 1 is 1.00 bits per heavy atom. The van der Waals surface area contributed by atoms with E-state index in [0.29, 0.717) is 17.0 Å². The van der Waals surface area contributed by atoms with E-state index in [1.54, 1.807) is 42.3 Å². The van der Waals surface area contributed by atoms with E-state index in [1.807, 2.05) is 30.3 Å². The number of para-hydroxylation sites is 1. The second kappa shape index (κ2) is 7.08. The molecule has 0 bridgehead atoms. The van der Waals surface area contributed by atoms with Gasteiger partial charge in [-0.3, -0.25) is 9.69 Å². The van der Waals surface area contributed by atoms with Crippen LogP contribution >= 0.6 is 0 Å². The second-order valence-electron chi connectivity index (χ2n) is 6.38. The topological polar surface area (TPSA) is 81.7 Å². The quantitative estimate of drug-likeness (QED) is 0.761. The summed E-state index contributed by atoms with van der Waals surface area (Å²) in [6, 6.07) is 20.8. The van der Waals surface area contributed by atoms with Crippen LogP contribution in [0.5, 0.6) is 5.75 Å². The van der Waals surface area contributed by atoms with E-state index in [1.165, 1.54) is 12.1 Å². The molecule has 6 heteroatoms. The lowest BCUT2D eigenvalue weighted by molar-refractivity contribution is -0.255. The monoisotopic (exact) mass is 373 g/mol. The number of fused-ring (bicyclic) bond motifs is 1. The van der Waals surface area contributed by atoms with Crippen molar-refractivity contribution in [3.8, 4) is 5.75 Å². The average Bonchev–Trinajstić information content (AvgIpc) is 2.74. The molecule has 0 spiro atoms. The van der Waals surface area contributed by atoms with E-state index < -0.39 is 12.1 Å². The number of methoxy groups -OCH3 is 1. The molecule has 3 aromatic rings. The Kier molecular flexibility index (Phi) is 4.45. The van der Waals surface area contributed by atoms with Crippen molar-refractivity contribution in [3.05, 3.63) is 89.5 Å². The highest BCUT2D eigenvalue weighted by molar-refractivity contribution is 6.12. The maximum Gasteiger partial charge on any atom is 0.262 e. The standard InChI is InChI=1S/C22H18N2O4/c1-28-17-12-10-16(11-13-17)24-20(14-6-8-15(9-7-14)22(26)27)23-19-5-3-2-4-18(19)21(24)25/h2-13,20,23H,1H3,(H,26,27)/p-1/t20-/m1/s1. The summed E-state index contributed by atoms with van der Waals surface area (Å²) >= 11 is 0. The predicted molar refractivity (Wildman–Crippen MR) is 103 cm³/mol. The van der Waals surface area contributed by atoms with Crippen molar-refractivity contribution in [1.29, 1.82) is 0 Å². The van der Waals surface area contributed by atoms with E-state index in [-0.39, 0.29) is 11.5 Å². The smallest absolute Gasteiger partial charge is 0.262 e. The third-order valence-corrected chi connectivity index (χ3v) is 4.74. The number of carbonyl (C=O) groups excluding carboxylic acids is 2. The molecule has 6 nitrogen and oxygen atoms in total. The van der Waals surface area contributed by atoms with Gasteiger partial charge in [0, 0.05) is 11.4 Å². The van der Waals surface area contributed by atoms with Crippen molar-refractivity contribution in [2.75, 3.05) is 17.3 Å². The number of hydrogen-bond donors (Lipinski definition) is 1. The van der Waals surface area contributed by atoms with Gasteiger partial charge in [0.05, 0.1) is 18.6 Å². The van der Waals surface area contributed by atoms with Crippen LogP contribution in [-0.2, 0) is 0 Å². The van der Waals surface area contributed by atoms with Gasteiger partial charge in [-0.15, -0.1) is 0 Å². The molecule has 1 atom stereocenters. The number of carboxylic acids is 1. The first-order valence-electron chi connectivity index (χ1n) is 8.73. The molecule has 0 aliphatic carbocycles. The van der Waals surface area contributed by atoms with Crippen LogP contribution in [0.4, 0.5) is 11.4 Å². The van der Waals surface area contributed by atoms with Crippen LogP contribution < -0.4 is 20.1 Å². The number of hydrogen-bond acceptors (Lipinski definition) is 5. The molecule has 0 aromatic heterocycles. The molecule has 1 amide bonds. The Hall–Kier alpha value is -3.80. The fraction of sp³-hybridized carbons (Fsp3) is 0.0909. The van der Waals surface area contributed by atoms with Crippen molar-refractivity contribution in [2.45, 2.75) is 6.17 Å². The molecule has 1 aliphatic heterocycles. The molecule has 140 valence electrons. The summed E-state index contributed by atoms with van der Waals surface area (Å²) in [6.45, 7) is 0. The number of rotatable bonds is 4. The van der Waals surface area contributed by atoms with Gasteiger partial charge in [0.2, 0.25) is 0 Å². The Morgan fingerprint density at radius 2 is 1.68 bits per heavy atom. The van der Waals surface area contributed by atoms with Crippen molar-refractivity contribution in [2.24, 2.45) is 0 Å². The lowest BCUT2D eigenvalue weighted by Crippen LogP contribution is -2.43. The maximum atomic E-state index is 13.3. The number of amides is 1. The van der Waals surface area contributed by atoms with Crippen LogP contribution in [0.2, 0.25) is 0 Å². The first-order chi connectivity index (χ1) is 13.6. The molecule has 0 fully saturated rings. The van der Waals surface area contributed by atoms with Crippen molar-refractivity contribution < 1.29 is 19.4 Å². The van der Waals surface area contributed by atoms with Gasteiger partial charge in [0.25, 0.3) is 5.91 Å². The minimum Gasteiger partial charge on any atom is -0.545 e. The number of anilines is 2. The van der Waals surface area contributed by atoms with Gasteiger partial charge < -0.3 is 20.0 Å². The third-order valence-electron chi connectivity index (χ3n) is 4.74. The molecule has 0 saturated heterocycles. The Balaban J connectivity index is 1.80. The molecule has 0 saturated carbocycles. The molecule has 1 N–H and O–H groups in total. The van der Waals surface area contributed by atoms with Crippen molar-refractivity contribution >= 4 is 23.3 Å². The van der Waals surface area contributed by atoms with E-state index in [2.05, 4.69) is 5.32 Å². The second-order valence-corrected chi connectivity index (χ2v) is 6.38. The van der Waals surface area contributed by atoms with Crippen LogP contribution in [0.25, 0.3) is 0 Å². The summed E-state index contributed by atoms with van der Waals surface area (Å²) in [4.78, 5) is 26.0. The van der Waals surface area contributed by atoms with Crippen molar-refractivity contribution in [3.63, 3.8) is 0 Å². The zero-order chi connectivity index (χ0) is 19.7. The van der Waals surface area contributed by atoms with E-state index in [0.717, 1.165) is 11.3 Å². The van der Waals surface area contributed by atoms with Gasteiger partial charge in [0.15, 0.2) is 0 Å². The SMILES string of the molecule is COc1ccc(N2C(=O)c3ccccc3N[C@H]2c2ccc(C(=O)[O-])cc2)cc1. The highest BCUT2D eigenvalue weighted by Gasteiger charge is 2.33. The molecular formula is C22H17N2O4-. The highest BCUT2D eigenvalue weighted by atomic mass is 16.5. The first-order valence-corrected chi connectivity index (χ1v) is 8.73. The maximum absolute atomic E-state index is 13.3. The Morgan fingerprint density at radius 3 is 2.32 bits per heavy atom. The van der Waals surface area contributed by atoms with Gasteiger partial charge in [-0.2, -0.15) is 0 Å². The number of carboxylic acid groups (broad SMARTS) is 1. The summed E-state index contributed by atoms with van der Waals surface area (Å²) in [5, 5.41) is 14.4. The number of nitrogens with one attached hydrogen (secondary N) is 1. The van der Waals surface area contributed by atoms with Gasteiger partial charge in [-0.25, -0.2) is 0 Å². The summed E-state index contributed by atoms with van der Waals surface area (Å²) in [7, 11) is 1.58. The highest BCUT2D eigenvalue weighted by Crippen LogP contribution is 2.37. The summed E-state index contributed by atoms with van der Waals surface area (Å²) in [6.07, 6.45) is -0.494. The van der Waals surface area contributed by atoms with Crippen LogP contribution in [0.3, 0.4) is 0 Å². The lowest BCUT2D eigenvalue weighted by Gasteiger charge is -2.38. The number of aromatic carboxylic acids is 1. The molecule has 0 radical (unpaired) electrons. The minimum absolute atomic E-state index is 0.0854. The predicted octanol–water partition coefficient (Wildman–Crippen LogP) is 2.83. The number of nitrogens with zero attached hydrogens (tertiary/aromatic N) is 1. The van der Waals surface area contributed by atoms with E-state index >= 15 is 0 Å². The van der Waals surface area contributed by atoms with Gasteiger partial charge >= 0.3 is 0 Å². The van der Waals surface area contributed by atoms with E-state index in [4.69, 9.17) is 4.74 Å². The number of benzene rings is 3. The van der Waals surface area contributed by atoms with Crippen LogP contribution in [-0.4, -0.2) is 19.0 Å². The minimum atomic E-state index is -1.24. The Bertz CT molecular complexity index is 1030. The fourth-order valence-corrected chi connectivity index (χ4v) is 3.30. The molecule has 28 heavy (non-hydrogen) atoms. The zero-order valence-corrected chi connectivity index (χ0v) is 15.1. The molecule has 1 heterocycles. The van der Waals surface area contributed by atoms with Gasteiger partial charge in [-0.1, -0.05) is 36.4 Å². The molecule has 3 aromatic carbocycles. The van der Waals surface area contributed by atoms with Gasteiger partial charge in [-0.05, 0) is 47.5 Å². The molecule has 0 unspecified atom stereocenters. The summed E-state index contributed by atoms with van der Waals surface area (Å²) in [5.41, 5.74) is 2.83. The van der Waals surface area contributed by atoms with Crippen LogP contribution in [0.1, 0.15) is 32.4 Å². The molecule has 4 rings (SSSR count). The summed E-state index contributed by atoms with van der Waals surface area (Å²) < 4.78 is 5.21. The normalized spacial score (nSPS) is 15.5. The molecular weight excluding hydrogens is 356 g/mol. The zero-order valence-electron chi connectivity index (χ0n) is 15.1. The van der Waals surface area contributed by atoms with Crippen LogP contribution in [0, 0.1) is 0 Å².